The van der Waals surface area contributed by atoms with Crippen LogP contribution in [0.2, 0.25) is 78.6 Å². The first-order chi connectivity index (χ1) is 14.4. The summed E-state index contributed by atoms with van der Waals surface area (Å²) < 4.78 is 23.3. The van der Waals surface area contributed by atoms with Crippen molar-refractivity contribution in [2.24, 2.45) is 0 Å². The molecule has 0 atom stereocenters. The Kier molecular flexibility index (Phi) is 40.7. The molecule has 0 aromatic rings. The quantitative estimate of drug-likeness (QED) is 0.276. The molecule has 0 bridgehead atoms. The molecule has 6 radical (unpaired) electrons. The fourth-order valence-corrected chi connectivity index (χ4v) is 13.1. The molecule has 0 unspecified atom stereocenters. The van der Waals surface area contributed by atoms with Gasteiger partial charge in [0.05, 0.1) is 0 Å². The van der Waals surface area contributed by atoms with E-state index in [1.807, 2.05) is 0 Å². The second kappa shape index (κ2) is 31.4. The number of nitrogens with zero attached hydrogens (tertiary/aromatic N) is 3. The summed E-state index contributed by atoms with van der Waals surface area (Å²) in [6.45, 7) is 30.7. The van der Waals surface area contributed by atoms with Crippen molar-refractivity contribution < 1.29 is 47.2 Å². The van der Waals surface area contributed by atoms with Gasteiger partial charge in [-0.15, -0.1) is 0 Å². The van der Waals surface area contributed by atoms with E-state index in [2.05, 4.69) is 92.5 Å². The Morgan fingerprint density at radius 1 is 0.375 bits per heavy atom. The molecule has 0 amide bonds. The molecule has 2 heterocycles. The molecule has 0 aromatic carbocycles. The van der Waals surface area contributed by atoms with Crippen molar-refractivity contribution in [1.82, 2.24) is 0 Å². The van der Waals surface area contributed by atoms with Gasteiger partial charge in [-0.25, -0.2) is 0 Å². The zero-order chi connectivity index (χ0) is 24.7. The average Bonchev–Trinajstić information content (AvgIpc) is 3.32. The summed E-state index contributed by atoms with van der Waals surface area (Å²) in [6.07, 6.45) is 5.11. The maximum Gasteiger partial charge on any atom is 3.00 e. The van der Waals surface area contributed by atoms with Crippen LogP contribution in [0.3, 0.4) is 0 Å². The van der Waals surface area contributed by atoms with E-state index >= 15 is 0 Å². The van der Waals surface area contributed by atoms with Gasteiger partial charge in [0.15, 0.2) is 0 Å². The summed E-state index contributed by atoms with van der Waals surface area (Å²) in [7, 11) is -1.58. The second-order valence-electron chi connectivity index (χ2n) is 8.66. The molecule has 2 rings (SSSR count). The molecule has 0 saturated carbocycles. The predicted molar refractivity (Wildman–Crippen MR) is 155 cm³/mol. The Morgan fingerprint density at radius 2 is 0.531 bits per heavy atom. The van der Waals surface area contributed by atoms with E-state index in [9.17, 15) is 0 Å². The molecule has 194 valence electrons. The van der Waals surface area contributed by atoms with Crippen LogP contribution in [0.1, 0.15) is 25.7 Å². The van der Waals surface area contributed by atoms with Crippen molar-refractivity contribution in [2.45, 2.75) is 104 Å². The molecule has 2 fully saturated rings. The van der Waals surface area contributed by atoms with Crippen LogP contribution >= 0.6 is 0 Å². The Labute approximate surface area is 243 Å². The van der Waals surface area contributed by atoms with E-state index in [0.29, 0.717) is 0 Å². The SMILES string of the molecule is C1CCOC1.C1CCOC1.C[Si](C)[N-][Si](C)C.C[Si](C)[N-][Si](C)C.C[Si](C)[N-][Si](C)C.[Ho+3]. The molecule has 12 heteroatoms. The average molecular weight is 700 g/mol. The summed E-state index contributed by atoms with van der Waals surface area (Å²) >= 11 is 0. The molecular weight excluding hydrogens is 648 g/mol. The van der Waals surface area contributed by atoms with Crippen molar-refractivity contribution in [3.05, 3.63) is 13.9 Å². The Hall–Kier alpha value is 2.36. The predicted octanol–water partition coefficient (Wildman–Crippen LogP) is 7.18. The minimum absolute atomic E-state index is 0. The van der Waals surface area contributed by atoms with Gasteiger partial charge >= 0.3 is 37.7 Å². The smallest absolute Gasteiger partial charge is 0.673 e. The molecule has 0 N–H and O–H groups in total. The summed E-state index contributed by atoms with van der Waals surface area (Å²) in [5.41, 5.74) is 0. The van der Waals surface area contributed by atoms with Crippen LogP contribution in [0.25, 0.3) is 13.9 Å². The summed E-state index contributed by atoms with van der Waals surface area (Å²) in [4.78, 5) is 0. The number of hydrogen-bond donors (Lipinski definition) is 0. The zero-order valence-electron chi connectivity index (χ0n) is 23.1. The standard InChI is InChI=1S/3C4H12NSi2.2C4H8O.Ho/c3*1-6(2)5-7(3)4;2*1-2-4-5-3-1;/h3*1-4H3;2*1-4H2;/q3*-1;;;+3. The van der Waals surface area contributed by atoms with Crippen molar-refractivity contribution >= 4 is 53.7 Å². The van der Waals surface area contributed by atoms with Crippen LogP contribution in [0.5, 0.6) is 0 Å². The van der Waals surface area contributed by atoms with E-state index in [1.54, 1.807) is 0 Å². The largest absolute Gasteiger partial charge is 3.00 e. The van der Waals surface area contributed by atoms with Gasteiger partial charge in [0.1, 0.15) is 0 Å². The van der Waals surface area contributed by atoms with Crippen molar-refractivity contribution in [3.63, 3.8) is 0 Å². The van der Waals surface area contributed by atoms with Gasteiger partial charge in [-0.3, -0.25) is 0 Å². The van der Waals surface area contributed by atoms with Gasteiger partial charge in [0.2, 0.25) is 0 Å². The van der Waals surface area contributed by atoms with Crippen LogP contribution in [-0.4, -0.2) is 80.2 Å². The zero-order valence-corrected chi connectivity index (χ0v) is 31.1. The van der Waals surface area contributed by atoms with Gasteiger partial charge in [-0.05, 0) is 25.7 Å². The molecule has 32 heavy (non-hydrogen) atoms. The molecular formula is C20H52HoN3O2Si6. The number of rotatable bonds is 6. The monoisotopic (exact) mass is 699 g/mol. The van der Waals surface area contributed by atoms with Gasteiger partial charge in [-0.1, -0.05) is 132 Å². The van der Waals surface area contributed by atoms with Crippen LogP contribution in [0.4, 0.5) is 0 Å². The first kappa shape index (κ1) is 41.5. The fraction of sp³-hybridized carbons (Fsp3) is 1.00. The molecule has 2 saturated heterocycles. The van der Waals surface area contributed by atoms with Crippen LogP contribution in [0.15, 0.2) is 0 Å². The van der Waals surface area contributed by atoms with Gasteiger partial charge in [-0.2, -0.15) is 0 Å². The van der Waals surface area contributed by atoms with E-state index < -0.39 is 0 Å². The van der Waals surface area contributed by atoms with E-state index in [4.69, 9.17) is 9.47 Å². The second-order valence-corrected chi connectivity index (χ2v) is 22.7. The molecule has 2 aliphatic rings. The van der Waals surface area contributed by atoms with Crippen LogP contribution < -0.4 is 0 Å². The molecule has 0 aromatic heterocycles. The first-order valence-corrected chi connectivity index (χ1v) is 26.2. The normalized spacial score (nSPS) is 14.8. The molecule has 5 nitrogen and oxygen atoms in total. The minimum atomic E-state index is -0.264. The number of hydrogen-bond acceptors (Lipinski definition) is 2. The van der Waals surface area contributed by atoms with Gasteiger partial charge < -0.3 is 23.4 Å². The topological polar surface area (TPSA) is 60.8 Å². The fourth-order valence-electron chi connectivity index (χ4n) is 2.36. The van der Waals surface area contributed by atoms with E-state index in [1.165, 1.54) is 25.7 Å². The maximum absolute atomic E-state index is 4.94. The van der Waals surface area contributed by atoms with Crippen LogP contribution in [0, 0.1) is 37.7 Å². The third kappa shape index (κ3) is 53.6. The van der Waals surface area contributed by atoms with Gasteiger partial charge in [0, 0.05) is 26.4 Å². The van der Waals surface area contributed by atoms with E-state index in [-0.39, 0.29) is 91.5 Å². The third-order valence-electron chi connectivity index (χ3n) is 3.00. The molecule has 0 spiro atoms. The summed E-state index contributed by atoms with van der Waals surface area (Å²) in [5, 5.41) is 0. The molecule has 0 aliphatic carbocycles. The molecule has 2 aliphatic heterocycles. The van der Waals surface area contributed by atoms with Crippen molar-refractivity contribution in [1.29, 1.82) is 0 Å². The van der Waals surface area contributed by atoms with Crippen molar-refractivity contribution in [3.8, 4) is 0 Å². The number of ether oxygens (including phenoxy) is 2. The Bertz CT molecular complexity index is 262. The minimum Gasteiger partial charge on any atom is -0.673 e. The summed E-state index contributed by atoms with van der Waals surface area (Å²) in [6, 6.07) is 0. The maximum atomic E-state index is 4.94. The third-order valence-corrected chi connectivity index (χ3v) is 13.7. The van der Waals surface area contributed by atoms with Crippen LogP contribution in [-0.2, 0) is 9.47 Å². The Balaban J connectivity index is -0.000000153. The van der Waals surface area contributed by atoms with Gasteiger partial charge in [0.25, 0.3) is 0 Å². The summed E-state index contributed by atoms with van der Waals surface area (Å²) in [5.74, 6) is 0. The first-order valence-electron chi connectivity index (χ1n) is 11.5. The van der Waals surface area contributed by atoms with Crippen molar-refractivity contribution in [2.75, 3.05) is 26.4 Å². The van der Waals surface area contributed by atoms with E-state index in [0.717, 1.165) is 26.4 Å². The Morgan fingerprint density at radius 3 is 0.562 bits per heavy atom.